The molecular weight excluding hydrogens is 188 g/mol. The summed E-state index contributed by atoms with van der Waals surface area (Å²) in [5.74, 6) is 0. The molecule has 0 spiro atoms. The lowest BCUT2D eigenvalue weighted by Crippen LogP contribution is -2.38. The van der Waals surface area contributed by atoms with Crippen molar-refractivity contribution in [3.05, 3.63) is 0 Å². The molecule has 68 valence electrons. The fourth-order valence-corrected chi connectivity index (χ4v) is 1.16. The molecule has 0 heterocycles. The fraction of sp³-hybridized carbons (Fsp3) is 1.00. The van der Waals surface area contributed by atoms with Gasteiger partial charge in [0.2, 0.25) is 10.0 Å². The summed E-state index contributed by atoms with van der Waals surface area (Å²) in [4.78, 5) is 0. The van der Waals surface area contributed by atoms with Gasteiger partial charge in [-0.2, -0.15) is 0 Å². The maximum Gasteiger partial charge on any atom is 0.208 e. The highest BCUT2D eigenvalue weighted by Crippen LogP contribution is 2.30. The van der Waals surface area contributed by atoms with Gasteiger partial charge in [-0.3, -0.25) is 0 Å². The van der Waals surface area contributed by atoms with Gasteiger partial charge in [-0.1, -0.05) is 0 Å². The summed E-state index contributed by atoms with van der Waals surface area (Å²) < 4.78 is 23.4. The van der Waals surface area contributed by atoms with Crippen molar-refractivity contribution in [3.63, 3.8) is 0 Å². The highest BCUT2D eigenvalue weighted by molar-refractivity contribution is 7.88. The number of nitrogens with one attached hydrogen (secondary N) is 1. The Balaban J connectivity index is 0.000001000. The number of halogens is 1. The monoisotopic (exact) mass is 200 g/mol. The molecule has 3 N–H and O–H groups in total. The van der Waals surface area contributed by atoms with Crippen LogP contribution < -0.4 is 10.5 Å². The zero-order chi connectivity index (χ0) is 7.83. The second-order valence-corrected chi connectivity index (χ2v) is 4.79. The van der Waals surface area contributed by atoms with Crippen LogP contribution in [0.25, 0.3) is 0 Å². The van der Waals surface area contributed by atoms with Crippen molar-refractivity contribution in [2.24, 2.45) is 5.73 Å². The smallest absolute Gasteiger partial charge is 0.208 e. The lowest BCUT2D eigenvalue weighted by molar-refractivity contribution is 0.571. The SMILES string of the molecule is CS(=O)(=O)NCC1(N)CC1.Cl. The molecule has 0 bridgehead atoms. The van der Waals surface area contributed by atoms with E-state index in [2.05, 4.69) is 4.72 Å². The van der Waals surface area contributed by atoms with Crippen LogP contribution >= 0.6 is 12.4 Å². The molecule has 11 heavy (non-hydrogen) atoms. The average Bonchev–Trinajstić information content (AvgIpc) is 2.43. The molecule has 1 saturated carbocycles. The number of sulfonamides is 1. The van der Waals surface area contributed by atoms with Crippen molar-refractivity contribution in [1.82, 2.24) is 4.72 Å². The molecule has 0 aromatic heterocycles. The predicted octanol–water partition coefficient (Wildman–Crippen LogP) is -0.551. The van der Waals surface area contributed by atoms with E-state index in [4.69, 9.17) is 5.73 Å². The lowest BCUT2D eigenvalue weighted by Gasteiger charge is -2.07. The van der Waals surface area contributed by atoms with Gasteiger partial charge >= 0.3 is 0 Å². The molecule has 1 aliphatic carbocycles. The Labute approximate surface area is 73.0 Å². The van der Waals surface area contributed by atoms with Crippen LogP contribution in [0.3, 0.4) is 0 Å². The first kappa shape index (κ1) is 11.2. The van der Waals surface area contributed by atoms with Crippen LogP contribution in [0.15, 0.2) is 0 Å². The van der Waals surface area contributed by atoms with Crippen molar-refractivity contribution in [3.8, 4) is 0 Å². The normalized spacial score (nSPS) is 20.5. The Kier molecular flexibility index (Phi) is 3.31. The third kappa shape index (κ3) is 4.58. The molecule has 0 unspecified atom stereocenters. The van der Waals surface area contributed by atoms with E-state index in [1.165, 1.54) is 0 Å². The zero-order valence-corrected chi connectivity index (χ0v) is 7.96. The van der Waals surface area contributed by atoms with E-state index in [9.17, 15) is 8.42 Å². The van der Waals surface area contributed by atoms with E-state index in [0.717, 1.165) is 19.1 Å². The Morgan fingerprint density at radius 3 is 2.27 bits per heavy atom. The van der Waals surface area contributed by atoms with Gasteiger partial charge in [-0.25, -0.2) is 13.1 Å². The molecular formula is C5H13ClN2O2S. The van der Waals surface area contributed by atoms with Crippen molar-refractivity contribution in [2.75, 3.05) is 12.8 Å². The molecule has 0 saturated heterocycles. The summed E-state index contributed by atoms with van der Waals surface area (Å²) in [6, 6.07) is 0. The van der Waals surface area contributed by atoms with Crippen LogP contribution in [0.4, 0.5) is 0 Å². The van der Waals surface area contributed by atoms with E-state index in [0.29, 0.717) is 6.54 Å². The maximum absolute atomic E-state index is 10.5. The van der Waals surface area contributed by atoms with Crippen LogP contribution in [-0.2, 0) is 10.0 Å². The first-order valence-electron chi connectivity index (χ1n) is 3.15. The summed E-state index contributed by atoms with van der Waals surface area (Å²) in [5, 5.41) is 0. The maximum atomic E-state index is 10.5. The Morgan fingerprint density at radius 2 is 2.00 bits per heavy atom. The number of rotatable bonds is 3. The molecule has 0 aliphatic heterocycles. The van der Waals surface area contributed by atoms with Crippen molar-refractivity contribution < 1.29 is 8.42 Å². The molecule has 0 atom stereocenters. The molecule has 1 fully saturated rings. The van der Waals surface area contributed by atoms with Gasteiger partial charge in [-0.15, -0.1) is 12.4 Å². The van der Waals surface area contributed by atoms with Gasteiger partial charge in [0.25, 0.3) is 0 Å². The van der Waals surface area contributed by atoms with Crippen molar-refractivity contribution in [1.29, 1.82) is 0 Å². The molecule has 0 radical (unpaired) electrons. The second-order valence-electron chi connectivity index (χ2n) is 2.96. The lowest BCUT2D eigenvalue weighted by atomic mass is 10.3. The molecule has 0 aromatic carbocycles. The zero-order valence-electron chi connectivity index (χ0n) is 6.33. The quantitative estimate of drug-likeness (QED) is 0.642. The van der Waals surface area contributed by atoms with Crippen LogP contribution in [-0.4, -0.2) is 26.8 Å². The molecule has 1 aliphatic rings. The van der Waals surface area contributed by atoms with Gasteiger partial charge in [-0.05, 0) is 12.8 Å². The summed E-state index contributed by atoms with van der Waals surface area (Å²) >= 11 is 0. The average molecular weight is 201 g/mol. The van der Waals surface area contributed by atoms with Crippen LogP contribution in [0.5, 0.6) is 0 Å². The molecule has 0 amide bonds. The highest BCUT2D eigenvalue weighted by Gasteiger charge is 2.38. The standard InChI is InChI=1S/C5H12N2O2S.ClH/c1-10(8,9)7-4-5(6)2-3-5;/h7H,2-4,6H2,1H3;1H. The van der Waals surface area contributed by atoms with Crippen molar-refractivity contribution in [2.45, 2.75) is 18.4 Å². The second kappa shape index (κ2) is 3.26. The van der Waals surface area contributed by atoms with E-state index in [-0.39, 0.29) is 17.9 Å². The summed E-state index contributed by atoms with van der Waals surface area (Å²) in [6.45, 7) is 0.381. The van der Waals surface area contributed by atoms with Gasteiger partial charge < -0.3 is 5.73 Å². The predicted molar refractivity (Wildman–Crippen MR) is 46.2 cm³/mol. The Bertz CT molecular complexity index is 223. The first-order chi connectivity index (χ1) is 4.41. The van der Waals surface area contributed by atoms with E-state index < -0.39 is 10.0 Å². The van der Waals surface area contributed by atoms with Gasteiger partial charge in [0.1, 0.15) is 0 Å². The number of hydrogen-bond donors (Lipinski definition) is 2. The molecule has 6 heteroatoms. The number of nitrogens with two attached hydrogens (primary N) is 1. The first-order valence-corrected chi connectivity index (χ1v) is 5.04. The number of hydrogen-bond acceptors (Lipinski definition) is 3. The minimum absolute atomic E-state index is 0. The van der Waals surface area contributed by atoms with Gasteiger partial charge in [0, 0.05) is 12.1 Å². The van der Waals surface area contributed by atoms with Crippen molar-refractivity contribution >= 4 is 22.4 Å². The minimum atomic E-state index is -3.05. The summed E-state index contributed by atoms with van der Waals surface area (Å²) in [6.07, 6.45) is 2.99. The summed E-state index contributed by atoms with van der Waals surface area (Å²) in [7, 11) is -3.05. The topological polar surface area (TPSA) is 72.2 Å². The van der Waals surface area contributed by atoms with Gasteiger partial charge in [0.05, 0.1) is 6.26 Å². The minimum Gasteiger partial charge on any atom is -0.324 e. The Morgan fingerprint density at radius 1 is 1.55 bits per heavy atom. The highest BCUT2D eigenvalue weighted by atomic mass is 35.5. The van der Waals surface area contributed by atoms with E-state index in [1.807, 2.05) is 0 Å². The Hall–Kier alpha value is 0.160. The third-order valence-electron chi connectivity index (χ3n) is 1.58. The van der Waals surface area contributed by atoms with Crippen LogP contribution in [0.1, 0.15) is 12.8 Å². The summed E-state index contributed by atoms with van der Waals surface area (Å²) in [5.41, 5.74) is 5.39. The van der Waals surface area contributed by atoms with Gasteiger partial charge in [0.15, 0.2) is 0 Å². The van der Waals surface area contributed by atoms with Crippen LogP contribution in [0.2, 0.25) is 0 Å². The molecule has 4 nitrogen and oxygen atoms in total. The van der Waals surface area contributed by atoms with Crippen LogP contribution in [0, 0.1) is 0 Å². The van der Waals surface area contributed by atoms with E-state index >= 15 is 0 Å². The molecule has 1 rings (SSSR count). The third-order valence-corrected chi connectivity index (χ3v) is 2.25. The fourth-order valence-electron chi connectivity index (χ4n) is 0.612. The van der Waals surface area contributed by atoms with E-state index in [1.54, 1.807) is 0 Å². The molecule has 0 aromatic rings. The largest absolute Gasteiger partial charge is 0.324 e.